The third-order valence-electron chi connectivity index (χ3n) is 11.1. The monoisotopic (exact) mass is 753 g/mol. The highest BCUT2D eigenvalue weighted by Gasteiger charge is 2.35. The molecule has 3 aliphatic heterocycles. The number of likely N-dealkylation sites (N-methyl/N-ethyl adjacent to an activating group) is 1. The molecule has 0 spiro atoms. The maximum atomic E-state index is 16.3. The van der Waals surface area contributed by atoms with Crippen LogP contribution in [0.25, 0.3) is 11.0 Å². The Morgan fingerprint density at radius 1 is 1.00 bits per heavy atom. The lowest BCUT2D eigenvalue weighted by atomic mass is 9.94. The molecule has 0 radical (unpaired) electrons. The quantitative estimate of drug-likeness (QED) is 0.302. The van der Waals surface area contributed by atoms with Crippen LogP contribution in [0.3, 0.4) is 0 Å². The number of hydrogen-bond donors (Lipinski definition) is 1. The smallest absolute Gasteiger partial charge is 0.341 e. The van der Waals surface area contributed by atoms with E-state index in [1.807, 2.05) is 31.6 Å². The van der Waals surface area contributed by atoms with E-state index in [4.69, 9.17) is 13.9 Å². The number of carbonyl (C=O) groups is 2. The Labute approximate surface area is 309 Å². The van der Waals surface area contributed by atoms with E-state index in [1.54, 1.807) is 0 Å². The molecule has 7 rings (SSSR count). The van der Waals surface area contributed by atoms with E-state index in [2.05, 4.69) is 22.9 Å². The number of carbonyl (C=O) groups excluding carboxylic acids is 2. The van der Waals surface area contributed by atoms with E-state index < -0.39 is 39.2 Å². The molecule has 53 heavy (non-hydrogen) atoms. The van der Waals surface area contributed by atoms with Crippen molar-refractivity contribution in [1.82, 2.24) is 18.8 Å². The number of anilines is 1. The summed E-state index contributed by atoms with van der Waals surface area (Å²) >= 11 is 0. The molecule has 2 amide bonds. The summed E-state index contributed by atoms with van der Waals surface area (Å²) in [5.74, 6) is -3.22. The molecule has 1 saturated carbocycles. The maximum absolute atomic E-state index is 16.3. The molecular weight excluding hydrogens is 706 g/mol. The van der Waals surface area contributed by atoms with Crippen LogP contribution < -0.4 is 20.0 Å². The van der Waals surface area contributed by atoms with Crippen molar-refractivity contribution in [1.29, 1.82) is 0 Å². The van der Waals surface area contributed by atoms with Crippen molar-refractivity contribution < 1.29 is 36.3 Å². The van der Waals surface area contributed by atoms with Gasteiger partial charge in [-0.2, -0.15) is 12.7 Å². The lowest BCUT2D eigenvalue weighted by molar-refractivity contribution is 0.0290. The van der Waals surface area contributed by atoms with Crippen molar-refractivity contribution in [2.45, 2.75) is 84.1 Å². The summed E-state index contributed by atoms with van der Waals surface area (Å²) in [5.41, 5.74) is 2.33. The Bertz CT molecular complexity index is 2080. The van der Waals surface area contributed by atoms with E-state index in [9.17, 15) is 22.8 Å². The van der Waals surface area contributed by atoms with Gasteiger partial charge in [0.2, 0.25) is 0 Å². The van der Waals surface area contributed by atoms with Crippen LogP contribution in [-0.2, 0) is 27.9 Å². The number of rotatable bonds is 10. The van der Waals surface area contributed by atoms with E-state index in [1.165, 1.54) is 21.3 Å². The molecular formula is C38H48FN5O8S. The minimum atomic E-state index is -4.14. The molecule has 2 saturated heterocycles. The fourth-order valence-electron chi connectivity index (χ4n) is 7.62. The molecule has 0 bridgehead atoms. The summed E-state index contributed by atoms with van der Waals surface area (Å²) in [6, 6.07) is 6.65. The van der Waals surface area contributed by atoms with Crippen molar-refractivity contribution in [3.05, 3.63) is 68.3 Å². The van der Waals surface area contributed by atoms with Crippen LogP contribution in [-0.4, -0.2) is 106 Å². The summed E-state index contributed by atoms with van der Waals surface area (Å²) < 4.78 is 62.9. The normalized spacial score (nSPS) is 20.2. The second kappa shape index (κ2) is 15.0. The van der Waals surface area contributed by atoms with Gasteiger partial charge in [0.25, 0.3) is 11.8 Å². The molecule has 0 unspecified atom stereocenters. The van der Waals surface area contributed by atoms with Crippen LogP contribution in [0.15, 0.2) is 33.5 Å². The van der Waals surface area contributed by atoms with Gasteiger partial charge < -0.3 is 23.7 Å². The van der Waals surface area contributed by atoms with Gasteiger partial charge in [-0.25, -0.2) is 13.9 Å². The number of ether oxygens (including phenoxy) is 2. The van der Waals surface area contributed by atoms with Crippen LogP contribution in [0.5, 0.6) is 5.75 Å². The Morgan fingerprint density at radius 3 is 2.43 bits per heavy atom. The number of fused-ring (bicyclic) bond motifs is 3. The Morgan fingerprint density at radius 2 is 1.74 bits per heavy atom. The van der Waals surface area contributed by atoms with Crippen molar-refractivity contribution in [3.63, 3.8) is 0 Å². The SMILES string of the molecule is Cc1c(N2CCN(C)[C@@H](COC(C)C)C2)ccc2c3c(c(=O)oc12)CN(C(=O)c1ccc(C(=O)NS(=O)(=O)N2CCCC2)c(OC2CCC2)c1F)CC3. The second-order valence-corrected chi connectivity index (χ2v) is 16.6. The number of amides is 2. The zero-order valence-corrected chi connectivity index (χ0v) is 31.6. The number of benzene rings is 2. The first kappa shape index (κ1) is 37.3. The van der Waals surface area contributed by atoms with Gasteiger partial charge in [-0.3, -0.25) is 14.5 Å². The number of hydrogen-bond acceptors (Lipinski definition) is 10. The summed E-state index contributed by atoms with van der Waals surface area (Å²) in [5, 5.41) is 0.809. The van der Waals surface area contributed by atoms with Gasteiger partial charge in [0.05, 0.1) is 48.1 Å². The van der Waals surface area contributed by atoms with Crippen molar-refractivity contribution in [2.24, 2.45) is 0 Å². The van der Waals surface area contributed by atoms with Gasteiger partial charge >= 0.3 is 15.8 Å². The highest BCUT2D eigenvalue weighted by Crippen LogP contribution is 2.36. The Kier molecular flexibility index (Phi) is 10.5. The van der Waals surface area contributed by atoms with Crippen LogP contribution in [0.1, 0.15) is 83.4 Å². The summed E-state index contributed by atoms with van der Waals surface area (Å²) in [7, 11) is -2.03. The molecule has 1 aromatic heterocycles. The highest BCUT2D eigenvalue weighted by molar-refractivity contribution is 7.87. The molecule has 15 heteroatoms. The van der Waals surface area contributed by atoms with Crippen molar-refractivity contribution in [3.8, 4) is 5.75 Å². The molecule has 286 valence electrons. The lowest BCUT2D eigenvalue weighted by Crippen LogP contribution is -2.53. The second-order valence-electron chi connectivity index (χ2n) is 14.9. The van der Waals surface area contributed by atoms with Gasteiger partial charge in [0, 0.05) is 55.9 Å². The van der Waals surface area contributed by atoms with E-state index in [0.717, 1.165) is 48.3 Å². The third-order valence-corrected chi connectivity index (χ3v) is 12.5. The van der Waals surface area contributed by atoms with Gasteiger partial charge in [-0.15, -0.1) is 0 Å². The van der Waals surface area contributed by atoms with Crippen LogP contribution in [0.4, 0.5) is 10.1 Å². The summed E-state index contributed by atoms with van der Waals surface area (Å²) in [4.78, 5) is 46.7. The number of aryl methyl sites for hydroxylation is 1. The molecule has 1 aliphatic carbocycles. The maximum Gasteiger partial charge on any atom is 0.341 e. The molecule has 13 nitrogen and oxygen atoms in total. The third kappa shape index (κ3) is 7.40. The predicted octanol–water partition coefficient (Wildman–Crippen LogP) is 3.99. The van der Waals surface area contributed by atoms with E-state index in [0.29, 0.717) is 49.9 Å². The molecule has 2 aromatic carbocycles. The minimum Gasteiger partial charge on any atom is -0.486 e. The topological polar surface area (TPSA) is 142 Å². The molecule has 1 atom stereocenters. The zero-order valence-electron chi connectivity index (χ0n) is 30.8. The number of nitrogens with zero attached hydrogens (tertiary/aromatic N) is 4. The predicted molar refractivity (Wildman–Crippen MR) is 197 cm³/mol. The zero-order chi connectivity index (χ0) is 37.6. The van der Waals surface area contributed by atoms with Crippen LogP contribution >= 0.6 is 0 Å². The average Bonchev–Trinajstić information content (AvgIpc) is 3.67. The lowest BCUT2D eigenvalue weighted by Gasteiger charge is -2.41. The van der Waals surface area contributed by atoms with Crippen molar-refractivity contribution in [2.75, 3.05) is 57.8 Å². The number of piperazine rings is 1. The highest BCUT2D eigenvalue weighted by atomic mass is 32.2. The van der Waals surface area contributed by atoms with Crippen LogP contribution in [0.2, 0.25) is 0 Å². The number of halogens is 1. The Balaban J connectivity index is 1.13. The molecule has 4 aliphatic rings. The number of nitrogens with one attached hydrogen (secondary N) is 1. The standard InChI is InChI=1S/C38H48FN5O8S/c1-23(2)50-22-25-20-42(19-18-41(25)4)32-13-12-28-27-14-17-43(21-31(27)38(47)52-34(28)24(32)3)37(46)29-10-11-30(35(33(29)39)51-26-8-7-9-26)36(45)40-53(48,49)44-15-5-6-16-44/h10-13,23,25-26H,5-9,14-22H2,1-4H3,(H,40,45)/t25-/m1/s1. The summed E-state index contributed by atoms with van der Waals surface area (Å²) in [6.07, 6.45) is 3.64. The fraction of sp³-hybridized carbons (Fsp3) is 0.553. The fourth-order valence-corrected chi connectivity index (χ4v) is 8.84. The van der Waals surface area contributed by atoms with Crippen LogP contribution in [0, 0.1) is 12.7 Å². The molecule has 4 heterocycles. The van der Waals surface area contributed by atoms with Gasteiger partial charge in [-0.05, 0) is 96.2 Å². The summed E-state index contributed by atoms with van der Waals surface area (Å²) in [6.45, 7) is 9.80. The van der Waals surface area contributed by atoms with Crippen molar-refractivity contribution >= 4 is 38.7 Å². The molecule has 1 N–H and O–H groups in total. The first-order valence-corrected chi connectivity index (χ1v) is 20.0. The first-order valence-electron chi connectivity index (χ1n) is 18.6. The first-order chi connectivity index (χ1) is 25.3. The largest absolute Gasteiger partial charge is 0.486 e. The van der Waals surface area contributed by atoms with E-state index >= 15 is 4.39 Å². The van der Waals surface area contributed by atoms with Gasteiger partial charge in [-0.1, -0.05) is 0 Å². The average molecular weight is 754 g/mol. The van der Waals surface area contributed by atoms with E-state index in [-0.39, 0.29) is 55.6 Å². The minimum absolute atomic E-state index is 0.0855. The Hall–Kier alpha value is -4.05. The van der Waals surface area contributed by atoms with Gasteiger partial charge in [0.1, 0.15) is 5.58 Å². The molecule has 3 aromatic rings. The van der Waals surface area contributed by atoms with Gasteiger partial charge in [0.15, 0.2) is 11.6 Å². The molecule has 3 fully saturated rings.